The Balaban J connectivity index is 2.04. The summed E-state index contributed by atoms with van der Waals surface area (Å²) < 4.78 is 5.41. The number of anilines is 2. The van der Waals surface area contributed by atoms with Crippen LogP contribution in [0.2, 0.25) is 0 Å². The minimum Gasteiger partial charge on any atom is -0.490 e. The molecule has 0 bridgehead atoms. The van der Waals surface area contributed by atoms with Crippen molar-refractivity contribution in [2.24, 2.45) is 0 Å². The van der Waals surface area contributed by atoms with Gasteiger partial charge in [0.1, 0.15) is 0 Å². The van der Waals surface area contributed by atoms with Gasteiger partial charge in [-0.1, -0.05) is 6.07 Å². The summed E-state index contributed by atoms with van der Waals surface area (Å²) in [6.45, 7) is 1.98. The van der Waals surface area contributed by atoms with Gasteiger partial charge in [0.25, 0.3) is 5.52 Å². The standard InChI is InChI=1S/C18H16N2O3/c1-11-10-15(14-4-3-5-16(23-2)17(14)19-11)20-13-8-6-12(7-9-13)18(21)22/h3-10H,1-2H3,(H,19,20)(H,21,22)/p+1. The van der Waals surface area contributed by atoms with Crippen molar-refractivity contribution >= 4 is 28.2 Å². The molecular formula is C18H17N2O3+. The van der Waals surface area contributed by atoms with E-state index in [4.69, 9.17) is 9.84 Å². The van der Waals surface area contributed by atoms with Gasteiger partial charge in [-0.3, -0.25) is 0 Å². The van der Waals surface area contributed by atoms with Crippen molar-refractivity contribution < 1.29 is 19.6 Å². The van der Waals surface area contributed by atoms with Crippen molar-refractivity contribution in [3.63, 3.8) is 0 Å². The Morgan fingerprint density at radius 3 is 2.57 bits per heavy atom. The fourth-order valence-corrected chi connectivity index (χ4v) is 2.54. The fraction of sp³-hybridized carbons (Fsp3) is 0.111. The number of benzene rings is 2. The first-order valence-electron chi connectivity index (χ1n) is 7.18. The van der Waals surface area contributed by atoms with Crippen LogP contribution < -0.4 is 15.0 Å². The molecule has 1 aromatic heterocycles. The van der Waals surface area contributed by atoms with Crippen molar-refractivity contribution in [1.82, 2.24) is 0 Å². The van der Waals surface area contributed by atoms with Crippen LogP contribution in [-0.4, -0.2) is 18.2 Å². The molecule has 1 heterocycles. The summed E-state index contributed by atoms with van der Waals surface area (Å²) in [4.78, 5) is 14.2. The van der Waals surface area contributed by atoms with Gasteiger partial charge in [0.05, 0.1) is 23.7 Å². The van der Waals surface area contributed by atoms with Crippen LogP contribution in [0.25, 0.3) is 10.9 Å². The van der Waals surface area contributed by atoms with E-state index >= 15 is 0 Å². The Labute approximate surface area is 133 Å². The SMILES string of the molecule is COc1cccc2c(Nc3ccc(C(=O)O)cc3)cc(C)[nH+]c12. The molecule has 0 saturated carbocycles. The molecule has 0 spiro atoms. The van der Waals surface area contributed by atoms with Gasteiger partial charge >= 0.3 is 5.97 Å². The van der Waals surface area contributed by atoms with Crippen molar-refractivity contribution in [3.8, 4) is 5.75 Å². The van der Waals surface area contributed by atoms with Crippen LogP contribution in [0.3, 0.4) is 0 Å². The van der Waals surface area contributed by atoms with Crippen molar-refractivity contribution in [3.05, 3.63) is 59.8 Å². The van der Waals surface area contributed by atoms with E-state index in [1.165, 1.54) is 0 Å². The average molecular weight is 309 g/mol. The molecule has 2 aromatic carbocycles. The molecule has 0 saturated heterocycles. The number of pyridine rings is 1. The van der Waals surface area contributed by atoms with Crippen LogP contribution in [0.5, 0.6) is 5.75 Å². The summed E-state index contributed by atoms with van der Waals surface area (Å²) in [6, 6.07) is 14.5. The molecule has 23 heavy (non-hydrogen) atoms. The number of hydrogen-bond acceptors (Lipinski definition) is 3. The summed E-state index contributed by atoms with van der Waals surface area (Å²) in [5.41, 5.74) is 3.92. The Morgan fingerprint density at radius 2 is 1.91 bits per heavy atom. The van der Waals surface area contributed by atoms with Gasteiger partial charge in [0.15, 0.2) is 11.4 Å². The van der Waals surface area contributed by atoms with Crippen molar-refractivity contribution in [1.29, 1.82) is 0 Å². The molecule has 0 fully saturated rings. The molecule has 5 heteroatoms. The van der Waals surface area contributed by atoms with Crippen LogP contribution in [0, 0.1) is 6.92 Å². The van der Waals surface area contributed by atoms with Gasteiger partial charge in [0.2, 0.25) is 0 Å². The highest BCUT2D eigenvalue weighted by molar-refractivity contribution is 5.94. The van der Waals surface area contributed by atoms with Crippen LogP contribution in [-0.2, 0) is 0 Å². The lowest BCUT2D eigenvalue weighted by atomic mass is 10.1. The number of carboxylic acid groups (broad SMARTS) is 1. The highest BCUT2D eigenvalue weighted by Crippen LogP contribution is 2.29. The monoisotopic (exact) mass is 309 g/mol. The summed E-state index contributed by atoms with van der Waals surface area (Å²) in [6.07, 6.45) is 0. The number of aryl methyl sites for hydroxylation is 1. The smallest absolute Gasteiger partial charge is 0.335 e. The molecule has 116 valence electrons. The van der Waals surface area contributed by atoms with Gasteiger partial charge < -0.3 is 15.2 Å². The summed E-state index contributed by atoms with van der Waals surface area (Å²) >= 11 is 0. The number of aromatic carboxylic acids is 1. The largest absolute Gasteiger partial charge is 0.490 e. The summed E-state index contributed by atoms with van der Waals surface area (Å²) in [5, 5.41) is 13.3. The van der Waals surface area contributed by atoms with Crippen molar-refractivity contribution in [2.45, 2.75) is 6.92 Å². The van der Waals surface area contributed by atoms with Gasteiger partial charge in [0, 0.05) is 18.7 Å². The number of carboxylic acids is 1. The summed E-state index contributed by atoms with van der Waals surface area (Å²) in [7, 11) is 1.64. The van der Waals surface area contributed by atoms with E-state index < -0.39 is 5.97 Å². The van der Waals surface area contributed by atoms with E-state index in [0.717, 1.165) is 33.7 Å². The van der Waals surface area contributed by atoms with E-state index in [2.05, 4.69) is 10.3 Å². The third-order valence-corrected chi connectivity index (χ3v) is 3.63. The molecule has 3 aromatic rings. The second-order valence-corrected chi connectivity index (χ2v) is 5.26. The average Bonchev–Trinajstić information content (AvgIpc) is 2.54. The third kappa shape index (κ3) is 2.94. The number of para-hydroxylation sites is 1. The Morgan fingerprint density at radius 1 is 1.17 bits per heavy atom. The van der Waals surface area contributed by atoms with Crippen molar-refractivity contribution in [2.75, 3.05) is 12.4 Å². The Bertz CT molecular complexity index is 873. The first-order valence-corrected chi connectivity index (χ1v) is 7.18. The van der Waals surface area contributed by atoms with E-state index in [-0.39, 0.29) is 5.56 Å². The predicted molar refractivity (Wildman–Crippen MR) is 88.5 cm³/mol. The second-order valence-electron chi connectivity index (χ2n) is 5.26. The minimum absolute atomic E-state index is 0.264. The molecule has 0 aliphatic heterocycles. The van der Waals surface area contributed by atoms with Crippen LogP contribution in [0.4, 0.5) is 11.4 Å². The molecular weight excluding hydrogens is 292 g/mol. The number of hydrogen-bond donors (Lipinski definition) is 2. The number of carbonyl (C=O) groups is 1. The number of methoxy groups -OCH3 is 1. The number of H-pyrrole nitrogens is 1. The maximum atomic E-state index is 10.9. The first-order chi connectivity index (χ1) is 11.1. The van der Waals surface area contributed by atoms with Gasteiger partial charge in [-0.25, -0.2) is 9.78 Å². The number of ether oxygens (including phenoxy) is 1. The lowest BCUT2D eigenvalue weighted by molar-refractivity contribution is -0.355. The lowest BCUT2D eigenvalue weighted by Gasteiger charge is -2.10. The van der Waals surface area contributed by atoms with E-state index in [1.54, 1.807) is 31.4 Å². The quantitative estimate of drug-likeness (QED) is 0.774. The van der Waals surface area contributed by atoms with Gasteiger partial charge in [-0.05, 0) is 36.4 Å². The Kier molecular flexibility index (Phi) is 3.85. The van der Waals surface area contributed by atoms with Crippen LogP contribution in [0.15, 0.2) is 48.5 Å². The maximum absolute atomic E-state index is 10.9. The number of aromatic nitrogens is 1. The normalized spacial score (nSPS) is 10.5. The van der Waals surface area contributed by atoms with Gasteiger partial charge in [-0.2, -0.15) is 0 Å². The first kappa shape index (κ1) is 14.8. The molecule has 0 unspecified atom stereocenters. The molecule has 5 nitrogen and oxygen atoms in total. The second kappa shape index (κ2) is 5.96. The van der Waals surface area contributed by atoms with E-state index in [9.17, 15) is 4.79 Å². The van der Waals surface area contributed by atoms with Crippen LogP contribution >= 0.6 is 0 Å². The van der Waals surface area contributed by atoms with E-state index in [0.29, 0.717) is 0 Å². The van der Waals surface area contributed by atoms with Crippen LogP contribution in [0.1, 0.15) is 16.1 Å². The molecule has 0 aliphatic rings. The molecule has 3 rings (SSSR count). The summed E-state index contributed by atoms with van der Waals surface area (Å²) in [5.74, 6) is -0.160. The number of nitrogens with one attached hydrogen (secondary N) is 2. The number of aromatic amines is 1. The number of rotatable bonds is 4. The molecule has 0 amide bonds. The molecule has 0 radical (unpaired) electrons. The highest BCUT2D eigenvalue weighted by Gasteiger charge is 2.14. The van der Waals surface area contributed by atoms with Gasteiger partial charge in [-0.15, -0.1) is 0 Å². The zero-order valence-corrected chi connectivity index (χ0v) is 12.9. The predicted octanol–water partition coefficient (Wildman–Crippen LogP) is 3.41. The Hall–Kier alpha value is -3.08. The molecule has 0 aliphatic carbocycles. The third-order valence-electron chi connectivity index (χ3n) is 3.63. The zero-order chi connectivity index (χ0) is 16.4. The molecule has 3 N–H and O–H groups in total. The maximum Gasteiger partial charge on any atom is 0.335 e. The lowest BCUT2D eigenvalue weighted by Crippen LogP contribution is -2.11. The fourth-order valence-electron chi connectivity index (χ4n) is 2.54. The number of fused-ring (bicyclic) bond motifs is 1. The minimum atomic E-state index is -0.933. The highest BCUT2D eigenvalue weighted by atomic mass is 16.5. The molecule has 0 atom stereocenters. The van der Waals surface area contributed by atoms with E-state index in [1.807, 2.05) is 31.2 Å². The zero-order valence-electron chi connectivity index (χ0n) is 12.9. The topological polar surface area (TPSA) is 72.7 Å².